The Morgan fingerprint density at radius 2 is 1.85 bits per heavy atom. The summed E-state index contributed by atoms with van der Waals surface area (Å²) in [7, 11) is 0. The van der Waals surface area contributed by atoms with Gasteiger partial charge in [0, 0.05) is 5.69 Å². The van der Waals surface area contributed by atoms with Gasteiger partial charge in [0.05, 0.1) is 23.1 Å². The third-order valence-electron chi connectivity index (χ3n) is 5.33. The van der Waals surface area contributed by atoms with E-state index in [9.17, 15) is 4.79 Å². The van der Waals surface area contributed by atoms with Crippen molar-refractivity contribution in [3.8, 4) is 5.75 Å². The van der Waals surface area contributed by atoms with Gasteiger partial charge in [-0.15, -0.1) is 0 Å². The summed E-state index contributed by atoms with van der Waals surface area (Å²) in [6.07, 6.45) is 4.26. The molecule has 0 saturated heterocycles. The summed E-state index contributed by atoms with van der Waals surface area (Å²) >= 11 is 0. The predicted octanol–water partition coefficient (Wildman–Crippen LogP) is 4.04. The number of hydrogen-bond acceptors (Lipinski definition) is 3. The molecule has 0 spiro atoms. The Kier molecular flexibility index (Phi) is 3.63. The maximum Gasteiger partial charge on any atom is 0.265 e. The Labute approximate surface area is 152 Å². The van der Waals surface area contributed by atoms with Crippen LogP contribution in [0.25, 0.3) is 10.9 Å². The van der Waals surface area contributed by atoms with Gasteiger partial charge in [-0.25, -0.2) is 0 Å². The molecule has 2 heterocycles. The maximum atomic E-state index is 13.0. The highest BCUT2D eigenvalue weighted by molar-refractivity contribution is 6.08. The molecule has 0 radical (unpaired) electrons. The second-order valence-electron chi connectivity index (χ2n) is 7.00. The first-order valence-electron chi connectivity index (χ1n) is 9.23. The number of hydrogen-bond donors (Lipinski definition) is 0. The van der Waals surface area contributed by atoms with Crippen LogP contribution in [-0.2, 0) is 24.2 Å². The van der Waals surface area contributed by atoms with E-state index in [1.807, 2.05) is 41.3 Å². The van der Waals surface area contributed by atoms with E-state index in [1.54, 1.807) is 0 Å². The number of aromatic nitrogens is 1. The van der Waals surface area contributed by atoms with E-state index < -0.39 is 0 Å². The molecular weight excluding hydrogens is 324 g/mol. The average molecular weight is 344 g/mol. The molecule has 0 saturated carbocycles. The summed E-state index contributed by atoms with van der Waals surface area (Å²) in [6.45, 7) is 0.623. The fourth-order valence-electron chi connectivity index (χ4n) is 4.11. The first-order chi connectivity index (χ1) is 12.8. The molecule has 2 aliphatic rings. The lowest BCUT2D eigenvalue weighted by atomic mass is 9.91. The zero-order valence-electron chi connectivity index (χ0n) is 14.6. The standard InChI is InChI=1S/C22H20N2O2/c25-20-14-26-19-12-6-11-18-21(19)22(16-9-4-5-10-17(16)23-18)24(20)13-15-7-2-1-3-8-15/h1-3,6-8,11-12H,4-5,9-10,13-14H2. The molecule has 4 heteroatoms. The summed E-state index contributed by atoms with van der Waals surface area (Å²) in [5.41, 5.74) is 5.43. The van der Waals surface area contributed by atoms with Crippen LogP contribution in [0.5, 0.6) is 5.75 Å². The van der Waals surface area contributed by atoms with Gasteiger partial charge in [-0.1, -0.05) is 36.4 Å². The number of carbonyl (C=O) groups excluding carboxylic acids is 1. The van der Waals surface area contributed by atoms with Crippen molar-refractivity contribution in [3.63, 3.8) is 0 Å². The van der Waals surface area contributed by atoms with Crippen molar-refractivity contribution in [3.05, 3.63) is 65.4 Å². The van der Waals surface area contributed by atoms with Crippen LogP contribution in [-0.4, -0.2) is 17.5 Å². The monoisotopic (exact) mass is 344 g/mol. The molecule has 0 bridgehead atoms. The quantitative estimate of drug-likeness (QED) is 0.705. The molecular formula is C22H20N2O2. The molecule has 2 aromatic carbocycles. The molecule has 0 fully saturated rings. The maximum absolute atomic E-state index is 13.0. The molecule has 3 aromatic rings. The predicted molar refractivity (Wildman–Crippen MR) is 102 cm³/mol. The van der Waals surface area contributed by atoms with E-state index in [0.29, 0.717) is 6.54 Å². The Morgan fingerprint density at radius 1 is 1.00 bits per heavy atom. The number of carbonyl (C=O) groups is 1. The lowest BCUT2D eigenvalue weighted by Gasteiger charge is -2.28. The molecule has 130 valence electrons. The van der Waals surface area contributed by atoms with Gasteiger partial charge in [0.2, 0.25) is 0 Å². The molecule has 1 aromatic heterocycles. The number of nitrogens with zero attached hydrogens (tertiary/aromatic N) is 2. The molecule has 5 rings (SSSR count). The lowest BCUT2D eigenvalue weighted by Crippen LogP contribution is -2.34. The summed E-state index contributed by atoms with van der Waals surface area (Å²) in [6, 6.07) is 16.1. The molecule has 0 atom stereocenters. The summed E-state index contributed by atoms with van der Waals surface area (Å²) in [5.74, 6) is 0.771. The lowest BCUT2D eigenvalue weighted by molar-refractivity contribution is -0.120. The minimum Gasteiger partial charge on any atom is -0.483 e. The van der Waals surface area contributed by atoms with Crippen LogP contribution >= 0.6 is 0 Å². The highest BCUT2D eigenvalue weighted by Gasteiger charge is 2.30. The van der Waals surface area contributed by atoms with Crippen molar-refractivity contribution in [2.75, 3.05) is 11.5 Å². The van der Waals surface area contributed by atoms with Crippen molar-refractivity contribution in [1.82, 2.24) is 4.98 Å². The molecule has 1 amide bonds. The zero-order chi connectivity index (χ0) is 17.5. The largest absolute Gasteiger partial charge is 0.483 e. The zero-order valence-corrected chi connectivity index (χ0v) is 14.6. The number of pyridine rings is 1. The minimum absolute atomic E-state index is 0.00493. The number of fused-ring (bicyclic) bond motifs is 2. The van der Waals surface area contributed by atoms with Gasteiger partial charge < -0.3 is 9.64 Å². The molecule has 1 aliphatic heterocycles. The Balaban J connectivity index is 1.77. The summed E-state index contributed by atoms with van der Waals surface area (Å²) in [4.78, 5) is 19.8. The third kappa shape index (κ3) is 2.45. The van der Waals surface area contributed by atoms with Gasteiger partial charge in [-0.05, 0) is 48.9 Å². The Bertz CT molecular complexity index is 998. The number of aryl methyl sites for hydroxylation is 1. The highest BCUT2D eigenvalue weighted by Crippen LogP contribution is 2.42. The van der Waals surface area contributed by atoms with Gasteiger partial charge in [0.25, 0.3) is 5.91 Å². The van der Waals surface area contributed by atoms with Gasteiger partial charge in [-0.3, -0.25) is 9.78 Å². The van der Waals surface area contributed by atoms with E-state index in [-0.39, 0.29) is 12.5 Å². The molecule has 26 heavy (non-hydrogen) atoms. The first kappa shape index (κ1) is 15.4. The van der Waals surface area contributed by atoms with Crippen molar-refractivity contribution < 1.29 is 9.53 Å². The molecule has 0 N–H and O–H groups in total. The second-order valence-corrected chi connectivity index (χ2v) is 7.00. The van der Waals surface area contributed by atoms with Gasteiger partial charge >= 0.3 is 0 Å². The summed E-state index contributed by atoms with van der Waals surface area (Å²) < 4.78 is 5.86. The van der Waals surface area contributed by atoms with Crippen LogP contribution in [0, 0.1) is 0 Å². The van der Waals surface area contributed by atoms with Crippen LogP contribution in [0.4, 0.5) is 5.69 Å². The van der Waals surface area contributed by atoms with E-state index >= 15 is 0 Å². The van der Waals surface area contributed by atoms with Crippen LogP contribution < -0.4 is 9.64 Å². The van der Waals surface area contributed by atoms with Gasteiger partial charge in [0.15, 0.2) is 6.61 Å². The van der Waals surface area contributed by atoms with E-state index in [4.69, 9.17) is 9.72 Å². The smallest absolute Gasteiger partial charge is 0.265 e. The van der Waals surface area contributed by atoms with Crippen LogP contribution in [0.1, 0.15) is 29.7 Å². The van der Waals surface area contributed by atoms with Crippen LogP contribution in [0.2, 0.25) is 0 Å². The minimum atomic E-state index is 0.00493. The number of amides is 1. The van der Waals surface area contributed by atoms with Crippen molar-refractivity contribution in [2.24, 2.45) is 0 Å². The number of anilines is 1. The molecule has 4 nitrogen and oxygen atoms in total. The molecule has 1 aliphatic carbocycles. The van der Waals surface area contributed by atoms with E-state index in [2.05, 4.69) is 12.1 Å². The fourth-order valence-corrected chi connectivity index (χ4v) is 4.11. The van der Waals surface area contributed by atoms with Gasteiger partial charge in [0.1, 0.15) is 5.75 Å². The number of benzene rings is 2. The van der Waals surface area contributed by atoms with E-state index in [0.717, 1.165) is 59.3 Å². The Morgan fingerprint density at radius 3 is 2.73 bits per heavy atom. The fraction of sp³-hybridized carbons (Fsp3) is 0.273. The number of rotatable bonds is 2. The Hall–Kier alpha value is -2.88. The van der Waals surface area contributed by atoms with Crippen molar-refractivity contribution in [2.45, 2.75) is 32.2 Å². The second kappa shape index (κ2) is 6.13. The average Bonchev–Trinajstić information content (AvgIpc) is 2.82. The molecule has 0 unspecified atom stereocenters. The van der Waals surface area contributed by atoms with Crippen molar-refractivity contribution >= 4 is 22.5 Å². The summed E-state index contributed by atoms with van der Waals surface area (Å²) in [5, 5.41) is 0.981. The van der Waals surface area contributed by atoms with Crippen LogP contribution in [0.15, 0.2) is 48.5 Å². The van der Waals surface area contributed by atoms with Crippen LogP contribution in [0.3, 0.4) is 0 Å². The van der Waals surface area contributed by atoms with Crippen molar-refractivity contribution in [1.29, 1.82) is 0 Å². The third-order valence-corrected chi connectivity index (χ3v) is 5.33. The van der Waals surface area contributed by atoms with E-state index in [1.165, 1.54) is 5.56 Å². The highest BCUT2D eigenvalue weighted by atomic mass is 16.5. The first-order valence-corrected chi connectivity index (χ1v) is 9.23. The topological polar surface area (TPSA) is 42.4 Å². The normalized spacial score (nSPS) is 16.2. The SMILES string of the molecule is O=C1COc2cccc3nc4c(c(c23)N1Cc1ccccc1)CCCC4. The van der Waals surface area contributed by atoms with Gasteiger partial charge in [-0.2, -0.15) is 0 Å². The number of ether oxygens (including phenoxy) is 1.